The smallest absolute Gasteiger partial charge is 0.00455 e. The molecule has 0 unspecified atom stereocenters. The largest absolute Gasteiger partial charge is 0.367 e. The lowest BCUT2D eigenvalue weighted by molar-refractivity contribution is 0.552. The highest BCUT2D eigenvalue weighted by molar-refractivity contribution is 5.29. The zero-order chi connectivity index (χ0) is 15.6. The Morgan fingerprint density at radius 1 is 0.762 bits per heavy atom. The van der Waals surface area contributed by atoms with Gasteiger partial charge in [-0.25, -0.2) is 0 Å². The zero-order valence-electron chi connectivity index (χ0n) is 14.9. The minimum absolute atomic E-state index is 0.272. The lowest BCUT2D eigenvalue weighted by atomic mass is 9.85. The molecule has 1 nitrogen and oxygen atoms in total. The summed E-state index contributed by atoms with van der Waals surface area (Å²) in [5.74, 6) is 0. The summed E-state index contributed by atoms with van der Waals surface area (Å²) < 4.78 is 0. The van der Waals surface area contributed by atoms with Crippen molar-refractivity contribution in [3.8, 4) is 0 Å². The van der Waals surface area contributed by atoms with Gasteiger partial charge in [0.2, 0.25) is 0 Å². The number of hydrogen-bond donors (Lipinski definition) is 1. The van der Waals surface area contributed by atoms with E-state index in [9.17, 15) is 0 Å². The van der Waals surface area contributed by atoms with Gasteiger partial charge in [-0.1, -0.05) is 85.5 Å². The van der Waals surface area contributed by atoms with E-state index in [0.29, 0.717) is 0 Å². The minimum atomic E-state index is 0.272. The van der Waals surface area contributed by atoms with E-state index in [1.54, 1.807) is 0 Å². The van der Waals surface area contributed by atoms with E-state index in [4.69, 9.17) is 0 Å². The fourth-order valence-corrected chi connectivity index (χ4v) is 3.10. The predicted molar refractivity (Wildman–Crippen MR) is 95.0 cm³/mol. The van der Waals surface area contributed by atoms with Crippen molar-refractivity contribution in [2.75, 3.05) is 0 Å². The third-order valence-electron chi connectivity index (χ3n) is 4.44. The van der Waals surface area contributed by atoms with Gasteiger partial charge in [0.25, 0.3) is 0 Å². The number of rotatable bonds is 11. The molecule has 0 bridgehead atoms. The van der Waals surface area contributed by atoms with Gasteiger partial charge in [0.05, 0.1) is 0 Å². The van der Waals surface area contributed by atoms with Gasteiger partial charge in [0.15, 0.2) is 0 Å². The first-order valence-corrected chi connectivity index (χ1v) is 9.22. The van der Waals surface area contributed by atoms with E-state index in [-0.39, 0.29) is 5.41 Å². The van der Waals surface area contributed by atoms with Crippen molar-refractivity contribution in [3.05, 3.63) is 23.5 Å². The molecular formula is C20H37N. The van der Waals surface area contributed by atoms with Crippen molar-refractivity contribution in [2.24, 2.45) is 0 Å². The van der Waals surface area contributed by atoms with E-state index >= 15 is 0 Å². The molecule has 0 saturated heterocycles. The Morgan fingerprint density at radius 3 is 1.81 bits per heavy atom. The minimum Gasteiger partial charge on any atom is -0.367 e. The predicted octanol–water partition coefficient (Wildman–Crippen LogP) is 6.78. The molecule has 0 aliphatic rings. The van der Waals surface area contributed by atoms with Crippen LogP contribution in [0.5, 0.6) is 0 Å². The molecule has 0 aliphatic carbocycles. The molecule has 1 heterocycles. The van der Waals surface area contributed by atoms with Crippen LogP contribution in [-0.2, 0) is 11.8 Å². The van der Waals surface area contributed by atoms with E-state index < -0.39 is 0 Å². The Labute approximate surface area is 132 Å². The van der Waals surface area contributed by atoms with Crippen molar-refractivity contribution in [2.45, 2.75) is 104 Å². The standard InChI is InChI=1S/C20H37N/c1-5-6-7-8-9-10-11-12-13-14-15-18-16-21-17-19(18)20(2,3)4/h16-17,21H,5-15H2,1-4H3. The molecule has 0 radical (unpaired) electrons. The van der Waals surface area contributed by atoms with Gasteiger partial charge < -0.3 is 4.98 Å². The summed E-state index contributed by atoms with van der Waals surface area (Å²) in [6.07, 6.45) is 19.8. The maximum Gasteiger partial charge on any atom is 0.00455 e. The molecule has 0 saturated carbocycles. The highest BCUT2D eigenvalue weighted by Crippen LogP contribution is 2.26. The summed E-state index contributed by atoms with van der Waals surface area (Å²) in [5.41, 5.74) is 3.30. The van der Waals surface area contributed by atoms with Crippen molar-refractivity contribution in [1.29, 1.82) is 0 Å². The first kappa shape index (κ1) is 18.3. The summed E-state index contributed by atoms with van der Waals surface area (Å²) in [6, 6.07) is 0. The molecule has 1 N–H and O–H groups in total. The highest BCUT2D eigenvalue weighted by Gasteiger charge is 2.17. The third kappa shape index (κ3) is 7.74. The summed E-state index contributed by atoms with van der Waals surface area (Å²) in [7, 11) is 0. The van der Waals surface area contributed by atoms with Crippen LogP contribution in [0.1, 0.15) is 103 Å². The van der Waals surface area contributed by atoms with Crippen LogP contribution in [0.25, 0.3) is 0 Å². The zero-order valence-corrected chi connectivity index (χ0v) is 14.9. The number of H-pyrrole nitrogens is 1. The summed E-state index contributed by atoms with van der Waals surface area (Å²) in [5, 5.41) is 0. The quantitative estimate of drug-likeness (QED) is 0.433. The van der Waals surface area contributed by atoms with Gasteiger partial charge in [-0.05, 0) is 29.4 Å². The van der Waals surface area contributed by atoms with Gasteiger partial charge in [-0.3, -0.25) is 0 Å². The van der Waals surface area contributed by atoms with Crippen LogP contribution in [-0.4, -0.2) is 4.98 Å². The maximum atomic E-state index is 3.29. The topological polar surface area (TPSA) is 15.8 Å². The molecule has 122 valence electrons. The van der Waals surface area contributed by atoms with Crippen LogP contribution in [0.2, 0.25) is 0 Å². The average Bonchev–Trinajstić information content (AvgIpc) is 2.89. The number of aromatic nitrogens is 1. The summed E-state index contributed by atoms with van der Waals surface area (Å²) >= 11 is 0. The molecule has 0 amide bonds. The van der Waals surface area contributed by atoms with Crippen LogP contribution in [0.15, 0.2) is 12.4 Å². The molecule has 0 aliphatic heterocycles. The van der Waals surface area contributed by atoms with Gasteiger partial charge >= 0.3 is 0 Å². The van der Waals surface area contributed by atoms with Gasteiger partial charge in [0, 0.05) is 12.4 Å². The Hall–Kier alpha value is -0.720. The second kappa shape index (κ2) is 10.1. The van der Waals surface area contributed by atoms with Gasteiger partial charge in [0.1, 0.15) is 0 Å². The second-order valence-corrected chi connectivity index (χ2v) is 7.58. The van der Waals surface area contributed by atoms with Crippen LogP contribution < -0.4 is 0 Å². The number of unbranched alkanes of at least 4 members (excludes halogenated alkanes) is 9. The van der Waals surface area contributed by atoms with E-state index in [1.165, 1.54) is 81.8 Å². The van der Waals surface area contributed by atoms with Crippen molar-refractivity contribution >= 4 is 0 Å². The van der Waals surface area contributed by atoms with Crippen LogP contribution in [0.3, 0.4) is 0 Å². The molecule has 0 aromatic carbocycles. The first-order valence-electron chi connectivity index (χ1n) is 9.22. The molecular weight excluding hydrogens is 254 g/mol. The van der Waals surface area contributed by atoms with Gasteiger partial charge in [-0.2, -0.15) is 0 Å². The fraction of sp³-hybridized carbons (Fsp3) is 0.800. The Bertz CT molecular complexity index is 356. The summed E-state index contributed by atoms with van der Waals surface area (Å²) in [4.78, 5) is 3.29. The molecule has 0 spiro atoms. The molecule has 1 heteroatoms. The molecule has 1 aromatic heterocycles. The van der Waals surface area contributed by atoms with Crippen LogP contribution >= 0.6 is 0 Å². The number of nitrogens with one attached hydrogen (secondary N) is 1. The molecule has 1 aromatic rings. The number of aryl methyl sites for hydroxylation is 1. The maximum absolute atomic E-state index is 3.29. The first-order chi connectivity index (χ1) is 10.1. The molecule has 1 rings (SSSR count). The highest BCUT2D eigenvalue weighted by atomic mass is 14.6. The molecule has 0 fully saturated rings. The number of hydrogen-bond acceptors (Lipinski definition) is 0. The average molecular weight is 292 g/mol. The lowest BCUT2D eigenvalue weighted by Crippen LogP contribution is -2.12. The Balaban J connectivity index is 2.04. The summed E-state index contributed by atoms with van der Waals surface area (Å²) in [6.45, 7) is 9.20. The van der Waals surface area contributed by atoms with Gasteiger partial charge in [-0.15, -0.1) is 0 Å². The molecule has 21 heavy (non-hydrogen) atoms. The van der Waals surface area contributed by atoms with E-state index in [1.807, 2.05) is 0 Å². The SMILES string of the molecule is CCCCCCCCCCCCc1c[nH]cc1C(C)(C)C. The van der Waals surface area contributed by atoms with Crippen LogP contribution in [0.4, 0.5) is 0 Å². The van der Waals surface area contributed by atoms with Crippen molar-refractivity contribution in [1.82, 2.24) is 4.98 Å². The van der Waals surface area contributed by atoms with Crippen LogP contribution in [0, 0.1) is 0 Å². The fourth-order valence-electron chi connectivity index (χ4n) is 3.10. The van der Waals surface area contributed by atoms with Crippen molar-refractivity contribution in [3.63, 3.8) is 0 Å². The second-order valence-electron chi connectivity index (χ2n) is 7.58. The third-order valence-corrected chi connectivity index (χ3v) is 4.44. The van der Waals surface area contributed by atoms with E-state index in [0.717, 1.165) is 0 Å². The van der Waals surface area contributed by atoms with E-state index in [2.05, 4.69) is 45.1 Å². The normalized spacial score (nSPS) is 12.0. The Kier molecular flexibility index (Phi) is 8.80. The number of aromatic amines is 1. The molecule has 0 atom stereocenters. The lowest BCUT2D eigenvalue weighted by Gasteiger charge is -2.19. The Morgan fingerprint density at radius 2 is 1.29 bits per heavy atom. The van der Waals surface area contributed by atoms with Crippen molar-refractivity contribution < 1.29 is 0 Å². The monoisotopic (exact) mass is 291 g/mol.